The molecule has 0 fully saturated rings. The molecule has 0 saturated heterocycles. The van der Waals surface area contributed by atoms with E-state index in [1.54, 1.807) is 52.1 Å². The van der Waals surface area contributed by atoms with Crippen LogP contribution >= 0.6 is 0 Å². The molecule has 0 saturated carbocycles. The predicted octanol–water partition coefficient (Wildman–Crippen LogP) is 4.43. The summed E-state index contributed by atoms with van der Waals surface area (Å²) in [4.78, 5) is 41.4. The number of Topliss-reactive ketones (excluding diaryl/α,β-unsaturated/α-hetero) is 1. The van der Waals surface area contributed by atoms with Crippen molar-refractivity contribution in [3.63, 3.8) is 0 Å². The molecule has 212 valence electrons. The summed E-state index contributed by atoms with van der Waals surface area (Å²) in [6.45, 7) is 5.46. The topological polar surface area (TPSA) is 109 Å². The van der Waals surface area contributed by atoms with E-state index in [1.165, 1.54) is 14.2 Å². The maximum atomic E-state index is 14.5. The van der Waals surface area contributed by atoms with Crippen molar-refractivity contribution in [1.82, 2.24) is 5.32 Å². The van der Waals surface area contributed by atoms with Crippen molar-refractivity contribution in [1.29, 1.82) is 0 Å². The van der Waals surface area contributed by atoms with Crippen LogP contribution in [-0.4, -0.2) is 52.3 Å². The van der Waals surface area contributed by atoms with Crippen LogP contribution in [0.25, 0.3) is 0 Å². The number of para-hydroxylation sites is 1. The first-order chi connectivity index (χ1) is 19.3. The fourth-order valence-electron chi connectivity index (χ4n) is 5.66. The lowest BCUT2D eigenvalue weighted by molar-refractivity contribution is -0.152. The fraction of sp³-hybridized carbons (Fsp3) is 0.387. The van der Waals surface area contributed by atoms with Gasteiger partial charge in [0.05, 0.1) is 46.0 Å². The van der Waals surface area contributed by atoms with Gasteiger partial charge in [0.1, 0.15) is 23.2 Å². The number of rotatable bonds is 9. The van der Waals surface area contributed by atoms with Crippen LogP contribution in [0.2, 0.25) is 0 Å². The van der Waals surface area contributed by atoms with E-state index < -0.39 is 35.5 Å². The largest absolute Gasteiger partial charge is 0.497 e. The average molecular weight is 550 g/mol. The van der Waals surface area contributed by atoms with E-state index in [2.05, 4.69) is 5.32 Å². The smallest absolute Gasteiger partial charge is 0.336 e. The average Bonchev–Trinajstić information content (AvgIpc) is 2.96. The molecule has 0 radical (unpaired) electrons. The Labute approximate surface area is 234 Å². The standard InChI is InChI=1S/C31H35NO8/c1-7-39-30(34)25-17(3)32-22-16-20(19-11-9-10-12-23(19)37-5)27(31(35)40-8-2)29(33)28(22)26(25)21-15-18(36-4)13-14-24(21)38-6/h9-15,20,26-27,32H,7-8,16H2,1-6H3/t20-,26+,27-/m1/s1. The van der Waals surface area contributed by atoms with Gasteiger partial charge in [0.2, 0.25) is 0 Å². The lowest BCUT2D eigenvalue weighted by atomic mass is 9.67. The van der Waals surface area contributed by atoms with Gasteiger partial charge < -0.3 is 29.0 Å². The van der Waals surface area contributed by atoms with E-state index in [1.807, 2.05) is 18.2 Å². The van der Waals surface area contributed by atoms with E-state index in [0.717, 1.165) is 5.56 Å². The molecule has 1 heterocycles. The second-order valence-electron chi connectivity index (χ2n) is 9.46. The molecule has 0 amide bonds. The van der Waals surface area contributed by atoms with E-state index in [4.69, 9.17) is 23.7 Å². The van der Waals surface area contributed by atoms with E-state index in [0.29, 0.717) is 46.2 Å². The first kappa shape index (κ1) is 28.7. The van der Waals surface area contributed by atoms with Gasteiger partial charge in [0.25, 0.3) is 0 Å². The first-order valence-electron chi connectivity index (χ1n) is 13.2. The van der Waals surface area contributed by atoms with Crippen LogP contribution in [0.1, 0.15) is 50.2 Å². The first-order valence-corrected chi connectivity index (χ1v) is 13.2. The van der Waals surface area contributed by atoms with E-state index in [9.17, 15) is 14.4 Å². The minimum absolute atomic E-state index is 0.117. The molecule has 2 aromatic rings. The number of methoxy groups -OCH3 is 3. The van der Waals surface area contributed by atoms with Gasteiger partial charge in [-0.25, -0.2) is 4.79 Å². The Bertz CT molecular complexity index is 1380. The summed E-state index contributed by atoms with van der Waals surface area (Å²) in [5, 5.41) is 3.31. The molecule has 0 unspecified atom stereocenters. The zero-order chi connectivity index (χ0) is 29.0. The number of allylic oxidation sites excluding steroid dienone is 3. The number of carbonyl (C=O) groups is 3. The van der Waals surface area contributed by atoms with Gasteiger partial charge >= 0.3 is 11.9 Å². The van der Waals surface area contributed by atoms with Gasteiger partial charge in [-0.1, -0.05) is 18.2 Å². The summed E-state index contributed by atoms with van der Waals surface area (Å²) in [6.07, 6.45) is 0.307. The van der Waals surface area contributed by atoms with Crippen molar-refractivity contribution in [2.24, 2.45) is 5.92 Å². The minimum Gasteiger partial charge on any atom is -0.497 e. The highest BCUT2D eigenvalue weighted by molar-refractivity contribution is 6.13. The third kappa shape index (κ3) is 5.15. The second kappa shape index (κ2) is 12.3. The highest BCUT2D eigenvalue weighted by Gasteiger charge is 2.50. The van der Waals surface area contributed by atoms with E-state index >= 15 is 0 Å². The predicted molar refractivity (Wildman–Crippen MR) is 147 cm³/mol. The third-order valence-electron chi connectivity index (χ3n) is 7.34. The molecule has 1 N–H and O–H groups in total. The summed E-state index contributed by atoms with van der Waals surface area (Å²) in [7, 11) is 4.60. The summed E-state index contributed by atoms with van der Waals surface area (Å²) in [6, 6.07) is 12.5. The van der Waals surface area contributed by atoms with Gasteiger partial charge in [0, 0.05) is 28.4 Å². The highest BCUT2D eigenvalue weighted by atomic mass is 16.5. The lowest BCUT2D eigenvalue weighted by Crippen LogP contribution is -2.43. The monoisotopic (exact) mass is 549 g/mol. The van der Waals surface area contributed by atoms with Crippen molar-refractivity contribution in [3.8, 4) is 17.2 Å². The molecule has 3 atom stereocenters. The van der Waals surface area contributed by atoms with Crippen LogP contribution in [0.4, 0.5) is 0 Å². The van der Waals surface area contributed by atoms with Crippen LogP contribution in [-0.2, 0) is 23.9 Å². The van der Waals surface area contributed by atoms with Crippen LogP contribution < -0.4 is 19.5 Å². The number of ether oxygens (including phenoxy) is 5. The van der Waals surface area contributed by atoms with Crippen molar-refractivity contribution in [2.75, 3.05) is 34.5 Å². The number of esters is 2. The SMILES string of the molecule is CCOC(=O)C1=C(C)NC2=C(C(=O)[C@H](C(=O)OCC)[C@@H](c3ccccc3OC)C2)[C@H]1c1cc(OC)ccc1OC. The molecule has 0 bridgehead atoms. The Morgan fingerprint density at radius 3 is 2.23 bits per heavy atom. The lowest BCUT2D eigenvalue weighted by Gasteiger charge is -2.40. The van der Waals surface area contributed by atoms with Crippen LogP contribution in [0.15, 0.2) is 65.0 Å². The Hall–Kier alpha value is -4.27. The molecule has 2 aromatic carbocycles. The Kier molecular flexibility index (Phi) is 8.82. The summed E-state index contributed by atoms with van der Waals surface area (Å²) < 4.78 is 27.6. The van der Waals surface area contributed by atoms with Crippen molar-refractivity contribution < 1.29 is 38.1 Å². The van der Waals surface area contributed by atoms with Crippen molar-refractivity contribution in [3.05, 3.63) is 76.1 Å². The molecule has 9 heteroatoms. The maximum Gasteiger partial charge on any atom is 0.336 e. The third-order valence-corrected chi connectivity index (χ3v) is 7.34. The number of nitrogens with one attached hydrogen (secondary N) is 1. The van der Waals surface area contributed by atoms with Gasteiger partial charge in [-0.2, -0.15) is 0 Å². The van der Waals surface area contributed by atoms with Crippen LogP contribution in [0.3, 0.4) is 0 Å². The fourth-order valence-corrected chi connectivity index (χ4v) is 5.66. The Morgan fingerprint density at radius 1 is 0.900 bits per heavy atom. The summed E-state index contributed by atoms with van der Waals surface area (Å²) in [5.41, 5.74) is 2.99. The Balaban J connectivity index is 1.98. The maximum absolute atomic E-state index is 14.5. The molecular weight excluding hydrogens is 514 g/mol. The molecule has 1 aliphatic carbocycles. The van der Waals surface area contributed by atoms with E-state index in [-0.39, 0.29) is 18.8 Å². The number of benzene rings is 2. The zero-order valence-corrected chi connectivity index (χ0v) is 23.7. The van der Waals surface area contributed by atoms with Crippen LogP contribution in [0.5, 0.6) is 17.2 Å². The van der Waals surface area contributed by atoms with Gasteiger partial charge in [0.15, 0.2) is 5.78 Å². The normalized spacial score (nSPS) is 20.4. The number of dihydropyridines is 1. The molecule has 4 rings (SSSR count). The minimum atomic E-state index is -1.15. The van der Waals surface area contributed by atoms with Gasteiger partial charge in [-0.05, 0) is 57.0 Å². The number of hydrogen-bond donors (Lipinski definition) is 1. The molecule has 40 heavy (non-hydrogen) atoms. The number of hydrogen-bond acceptors (Lipinski definition) is 9. The molecule has 9 nitrogen and oxygen atoms in total. The molecular formula is C31H35NO8. The zero-order valence-electron chi connectivity index (χ0n) is 23.7. The summed E-state index contributed by atoms with van der Waals surface area (Å²) >= 11 is 0. The molecule has 2 aliphatic rings. The molecule has 0 aromatic heterocycles. The number of ketones is 1. The van der Waals surface area contributed by atoms with Gasteiger partial charge in [-0.3, -0.25) is 9.59 Å². The van der Waals surface area contributed by atoms with Crippen molar-refractivity contribution in [2.45, 2.75) is 39.0 Å². The molecule has 0 spiro atoms. The second-order valence-corrected chi connectivity index (χ2v) is 9.46. The van der Waals surface area contributed by atoms with Gasteiger partial charge in [-0.15, -0.1) is 0 Å². The number of carbonyl (C=O) groups excluding carboxylic acids is 3. The summed E-state index contributed by atoms with van der Waals surface area (Å²) in [5.74, 6) is -2.67. The quantitative estimate of drug-likeness (QED) is 0.359. The van der Waals surface area contributed by atoms with Crippen molar-refractivity contribution >= 4 is 17.7 Å². The highest BCUT2D eigenvalue weighted by Crippen LogP contribution is 2.51. The Morgan fingerprint density at radius 2 is 1.57 bits per heavy atom. The molecule has 1 aliphatic heterocycles. The van der Waals surface area contributed by atoms with Crippen LogP contribution in [0, 0.1) is 5.92 Å².